The zero-order valence-electron chi connectivity index (χ0n) is 4.62. The summed E-state index contributed by atoms with van der Waals surface area (Å²) in [6.45, 7) is -0.354. The van der Waals surface area contributed by atoms with Gasteiger partial charge in [-0.3, -0.25) is 4.52 Å². The van der Waals surface area contributed by atoms with Gasteiger partial charge in [0.05, 0.1) is 0 Å². The van der Waals surface area contributed by atoms with Gasteiger partial charge in [-0.15, -0.1) is 6.42 Å². The van der Waals surface area contributed by atoms with Crippen LogP contribution in [0.25, 0.3) is 0 Å². The van der Waals surface area contributed by atoms with Crippen molar-refractivity contribution in [2.24, 2.45) is 0 Å². The van der Waals surface area contributed by atoms with Crippen molar-refractivity contribution in [3.8, 4) is 12.3 Å². The molecule has 4 nitrogen and oxygen atoms in total. The highest BCUT2D eigenvalue weighted by Gasteiger charge is 2.26. The molecule has 0 aromatic carbocycles. The normalized spacial score (nSPS) is 15.7. The van der Waals surface area contributed by atoms with E-state index >= 15 is 0 Å². The summed E-state index contributed by atoms with van der Waals surface area (Å²) in [5, 5.41) is 0. The van der Waals surface area contributed by atoms with Crippen molar-refractivity contribution in [3.05, 3.63) is 0 Å². The molecule has 0 aliphatic carbocycles. The maximum Gasteiger partial charge on any atom is 0.518 e. The molecule has 0 bridgehead atoms. The highest BCUT2D eigenvalue weighted by atomic mass is 79.9. The minimum Gasteiger partial charge on any atom is -0.272 e. The Balaban J connectivity index is 3.85. The van der Waals surface area contributed by atoms with Crippen LogP contribution in [0.15, 0.2) is 0 Å². The van der Waals surface area contributed by atoms with Gasteiger partial charge in [0.15, 0.2) is 0 Å². The van der Waals surface area contributed by atoms with Crippen molar-refractivity contribution < 1.29 is 22.0 Å². The lowest BCUT2D eigenvalue weighted by Gasteiger charge is -2.04. The first-order valence-corrected chi connectivity index (χ1v) is 4.08. The minimum atomic E-state index is -4.09. The standard InChI is InChI=1S/C3H3BrFO4P/c1-2-3-7-10(6,8-4)9-5/h1H,3H2. The molecule has 0 aromatic rings. The molecule has 0 spiro atoms. The lowest BCUT2D eigenvalue weighted by molar-refractivity contribution is -0.0402. The fourth-order valence-corrected chi connectivity index (χ4v) is 0.885. The molecule has 0 N–H and O–H groups in total. The predicted octanol–water partition coefficient (Wildman–Crippen LogP) is 1.97. The quantitative estimate of drug-likeness (QED) is 0.549. The fourth-order valence-electron chi connectivity index (χ4n) is 0.167. The monoisotopic (exact) mass is 232 g/mol. The van der Waals surface area contributed by atoms with Crippen LogP contribution in [-0.2, 0) is 17.4 Å². The van der Waals surface area contributed by atoms with Gasteiger partial charge in [-0.1, -0.05) is 10.6 Å². The smallest absolute Gasteiger partial charge is 0.272 e. The van der Waals surface area contributed by atoms with E-state index < -0.39 is 7.82 Å². The van der Waals surface area contributed by atoms with Gasteiger partial charge >= 0.3 is 7.82 Å². The Kier molecular flexibility index (Phi) is 4.87. The number of halogens is 2. The Morgan fingerprint density at radius 1 is 1.80 bits per heavy atom. The van der Waals surface area contributed by atoms with Crippen LogP contribution in [0.3, 0.4) is 0 Å². The van der Waals surface area contributed by atoms with Crippen LogP contribution in [0.5, 0.6) is 0 Å². The molecule has 0 fully saturated rings. The summed E-state index contributed by atoms with van der Waals surface area (Å²) in [5.74, 6) is 1.95. The zero-order valence-corrected chi connectivity index (χ0v) is 7.10. The number of hydrogen-bond donors (Lipinski definition) is 0. The largest absolute Gasteiger partial charge is 0.518 e. The first kappa shape index (κ1) is 10.1. The number of hydrogen-bond acceptors (Lipinski definition) is 4. The Bertz CT molecular complexity index is 170. The molecule has 0 aliphatic heterocycles. The average Bonchev–Trinajstić information content (AvgIpc) is 2.00. The lowest BCUT2D eigenvalue weighted by Crippen LogP contribution is -1.90. The second kappa shape index (κ2) is 4.83. The molecule has 0 saturated carbocycles. The van der Waals surface area contributed by atoms with Crippen molar-refractivity contribution in [1.29, 1.82) is 0 Å². The third kappa shape index (κ3) is 3.30. The Morgan fingerprint density at radius 3 is 2.70 bits per heavy atom. The summed E-state index contributed by atoms with van der Waals surface area (Å²) in [5.41, 5.74) is 0. The van der Waals surface area contributed by atoms with Gasteiger partial charge in [-0.05, 0) is 4.53 Å². The maximum atomic E-state index is 11.3. The highest BCUT2D eigenvalue weighted by Crippen LogP contribution is 2.51. The molecular formula is C3H3BrFO4P. The Morgan fingerprint density at radius 2 is 2.40 bits per heavy atom. The van der Waals surface area contributed by atoms with Crippen LogP contribution >= 0.6 is 24.1 Å². The van der Waals surface area contributed by atoms with Gasteiger partial charge in [-0.2, -0.15) is 0 Å². The van der Waals surface area contributed by atoms with E-state index in [1.165, 1.54) is 0 Å². The van der Waals surface area contributed by atoms with E-state index in [9.17, 15) is 9.09 Å². The fraction of sp³-hybridized carbons (Fsp3) is 0.333. The molecule has 1 atom stereocenters. The Labute approximate surface area is 65.6 Å². The van der Waals surface area contributed by atoms with E-state index in [1.807, 2.05) is 5.92 Å². The van der Waals surface area contributed by atoms with Crippen LogP contribution in [0.1, 0.15) is 0 Å². The van der Waals surface area contributed by atoms with Crippen LogP contribution in [0.2, 0.25) is 0 Å². The third-order valence-corrected chi connectivity index (χ3v) is 2.32. The highest BCUT2D eigenvalue weighted by molar-refractivity contribution is 9.06. The van der Waals surface area contributed by atoms with Gasteiger partial charge in [0.25, 0.3) is 0 Å². The third-order valence-electron chi connectivity index (χ3n) is 0.475. The van der Waals surface area contributed by atoms with E-state index in [1.54, 1.807) is 0 Å². The molecule has 0 aromatic heterocycles. The molecule has 7 heteroatoms. The topological polar surface area (TPSA) is 44.8 Å². The molecule has 0 rings (SSSR count). The summed E-state index contributed by atoms with van der Waals surface area (Å²) < 4.78 is 32.6. The summed E-state index contributed by atoms with van der Waals surface area (Å²) in [4.78, 5) is 0. The first-order chi connectivity index (χ1) is 4.68. The van der Waals surface area contributed by atoms with Gasteiger partial charge in [-0.25, -0.2) is 8.18 Å². The first-order valence-electron chi connectivity index (χ1n) is 1.97. The molecule has 1 unspecified atom stereocenters. The number of rotatable bonds is 4. The van der Waals surface area contributed by atoms with Crippen molar-refractivity contribution in [1.82, 2.24) is 0 Å². The van der Waals surface area contributed by atoms with Crippen LogP contribution < -0.4 is 0 Å². The van der Waals surface area contributed by atoms with Crippen molar-refractivity contribution in [3.63, 3.8) is 0 Å². The summed E-state index contributed by atoms with van der Waals surface area (Å²) in [6.07, 6.45) is 4.70. The second-order valence-corrected chi connectivity index (χ2v) is 3.36. The van der Waals surface area contributed by atoms with Gasteiger partial charge < -0.3 is 0 Å². The molecule has 0 heterocycles. The van der Waals surface area contributed by atoms with Gasteiger partial charge in [0, 0.05) is 0 Å². The van der Waals surface area contributed by atoms with E-state index in [-0.39, 0.29) is 6.61 Å². The van der Waals surface area contributed by atoms with Gasteiger partial charge in [0.2, 0.25) is 0 Å². The van der Waals surface area contributed by atoms with Crippen molar-refractivity contribution in [2.75, 3.05) is 6.61 Å². The summed E-state index contributed by atoms with van der Waals surface area (Å²) in [7, 11) is -4.09. The summed E-state index contributed by atoms with van der Waals surface area (Å²) >= 11 is 2.24. The summed E-state index contributed by atoms with van der Waals surface area (Å²) in [6, 6.07) is 0. The van der Waals surface area contributed by atoms with E-state index in [4.69, 9.17) is 6.42 Å². The van der Waals surface area contributed by atoms with Crippen LogP contribution in [0, 0.1) is 12.3 Å². The Hall–Kier alpha value is 0.0800. The van der Waals surface area contributed by atoms with Crippen LogP contribution in [0.4, 0.5) is 4.53 Å². The van der Waals surface area contributed by atoms with Gasteiger partial charge in [0.1, 0.15) is 22.9 Å². The zero-order chi connectivity index (χ0) is 8.04. The van der Waals surface area contributed by atoms with E-state index in [2.05, 4.69) is 29.1 Å². The van der Waals surface area contributed by atoms with Crippen molar-refractivity contribution >= 4 is 24.1 Å². The number of terminal acetylenes is 1. The molecule has 0 aliphatic rings. The average molecular weight is 233 g/mol. The van der Waals surface area contributed by atoms with Crippen molar-refractivity contribution in [2.45, 2.75) is 0 Å². The molecule has 0 radical (unpaired) electrons. The lowest BCUT2D eigenvalue weighted by atomic mass is 10.8. The minimum absolute atomic E-state index is 0.354. The molecule has 58 valence electrons. The second-order valence-electron chi connectivity index (χ2n) is 1.06. The SMILES string of the molecule is C#CCOP(=O)(OF)OBr. The predicted molar refractivity (Wildman–Crippen MR) is 34.6 cm³/mol. The molecule has 10 heavy (non-hydrogen) atoms. The van der Waals surface area contributed by atoms with E-state index in [0.29, 0.717) is 0 Å². The van der Waals surface area contributed by atoms with E-state index in [0.717, 1.165) is 0 Å². The molecular weight excluding hydrogens is 230 g/mol. The number of phosphoric acid groups is 1. The molecule has 0 amide bonds. The molecule has 0 saturated heterocycles. The maximum absolute atomic E-state index is 11.3. The van der Waals surface area contributed by atoms with Crippen LogP contribution in [-0.4, -0.2) is 6.61 Å².